The van der Waals surface area contributed by atoms with E-state index in [2.05, 4.69) is 11.9 Å². The normalized spacial score (nSPS) is 19.7. The van der Waals surface area contributed by atoms with E-state index < -0.39 is 11.8 Å². The van der Waals surface area contributed by atoms with E-state index in [9.17, 15) is 9.18 Å². The molecule has 1 aromatic rings. The molecule has 0 bridgehead atoms. The van der Waals surface area contributed by atoms with E-state index in [-0.39, 0.29) is 11.4 Å². The Kier molecular flexibility index (Phi) is 4.93. The molecule has 1 aliphatic heterocycles. The highest BCUT2D eigenvalue weighted by Crippen LogP contribution is 2.26. The van der Waals surface area contributed by atoms with Crippen LogP contribution < -0.4 is 4.90 Å². The Labute approximate surface area is 118 Å². The molecule has 0 aliphatic carbocycles. The molecular formula is C15H21FN2O2. The molecule has 2 rings (SSSR count). The van der Waals surface area contributed by atoms with Crippen molar-refractivity contribution in [1.82, 2.24) is 4.98 Å². The number of hydrogen-bond acceptors (Lipinski definition) is 3. The third kappa shape index (κ3) is 3.26. The number of carbonyl (C=O) groups is 1. The summed E-state index contributed by atoms with van der Waals surface area (Å²) in [5.41, 5.74) is -0.302. The number of hydrogen-bond donors (Lipinski definition) is 1. The van der Waals surface area contributed by atoms with E-state index in [1.165, 1.54) is 25.1 Å². The van der Waals surface area contributed by atoms with Crippen LogP contribution in [0.5, 0.6) is 0 Å². The molecule has 1 saturated heterocycles. The molecule has 0 aromatic carbocycles. The van der Waals surface area contributed by atoms with Crippen molar-refractivity contribution in [1.29, 1.82) is 0 Å². The molecule has 0 radical (unpaired) electrons. The predicted octanol–water partition coefficient (Wildman–Crippen LogP) is 3.33. The lowest BCUT2D eigenvalue weighted by atomic mass is 9.96. The molecular weight excluding hydrogens is 259 g/mol. The quantitative estimate of drug-likeness (QED) is 0.919. The minimum absolute atomic E-state index is 0.182. The highest BCUT2D eigenvalue weighted by atomic mass is 19.1. The molecule has 0 spiro atoms. The van der Waals surface area contributed by atoms with Crippen molar-refractivity contribution in [2.75, 3.05) is 18.0 Å². The van der Waals surface area contributed by atoms with Crippen molar-refractivity contribution >= 4 is 11.8 Å². The number of rotatable bonds is 4. The molecule has 20 heavy (non-hydrogen) atoms. The van der Waals surface area contributed by atoms with Gasteiger partial charge in [0, 0.05) is 19.3 Å². The van der Waals surface area contributed by atoms with Gasteiger partial charge >= 0.3 is 5.97 Å². The lowest BCUT2D eigenvalue weighted by molar-refractivity contribution is 0.0691. The first kappa shape index (κ1) is 14.8. The van der Waals surface area contributed by atoms with Gasteiger partial charge in [0.2, 0.25) is 0 Å². The van der Waals surface area contributed by atoms with Crippen molar-refractivity contribution in [2.24, 2.45) is 5.92 Å². The second-order valence-corrected chi connectivity index (χ2v) is 5.37. The van der Waals surface area contributed by atoms with Crippen LogP contribution in [0.1, 0.15) is 49.4 Å². The van der Waals surface area contributed by atoms with Gasteiger partial charge in [0.15, 0.2) is 11.6 Å². The largest absolute Gasteiger partial charge is 0.478 e. The molecule has 1 unspecified atom stereocenters. The number of aromatic carboxylic acids is 1. The van der Waals surface area contributed by atoms with Gasteiger partial charge in [-0.2, -0.15) is 0 Å². The summed E-state index contributed by atoms with van der Waals surface area (Å²) in [5, 5.41) is 8.97. The standard InChI is InChI=1S/C15H21FN2O2/c1-2-4-11-5-3-9-18(10-7-11)14-13(16)12(15(19)20)6-8-17-14/h6,8,11H,2-5,7,9-10H2,1H3,(H,19,20). The maximum atomic E-state index is 14.2. The predicted molar refractivity (Wildman–Crippen MR) is 75.6 cm³/mol. The van der Waals surface area contributed by atoms with Crippen LogP contribution in [0.3, 0.4) is 0 Å². The topological polar surface area (TPSA) is 53.4 Å². The van der Waals surface area contributed by atoms with Gasteiger partial charge in [0.1, 0.15) is 5.56 Å². The number of halogens is 1. The maximum Gasteiger partial charge on any atom is 0.338 e. The van der Waals surface area contributed by atoms with Crippen LogP contribution in [0.4, 0.5) is 10.2 Å². The first-order valence-corrected chi connectivity index (χ1v) is 7.26. The van der Waals surface area contributed by atoms with Crippen LogP contribution in [0.15, 0.2) is 12.3 Å². The van der Waals surface area contributed by atoms with E-state index >= 15 is 0 Å². The molecule has 1 aliphatic rings. The van der Waals surface area contributed by atoms with Crippen LogP contribution >= 0.6 is 0 Å². The van der Waals surface area contributed by atoms with Crippen molar-refractivity contribution < 1.29 is 14.3 Å². The van der Waals surface area contributed by atoms with E-state index in [1.54, 1.807) is 0 Å². The van der Waals surface area contributed by atoms with Crippen molar-refractivity contribution in [3.05, 3.63) is 23.6 Å². The van der Waals surface area contributed by atoms with Gasteiger partial charge in [0.25, 0.3) is 0 Å². The molecule has 4 nitrogen and oxygen atoms in total. The summed E-state index contributed by atoms with van der Waals surface area (Å²) in [4.78, 5) is 16.9. The van der Waals surface area contributed by atoms with Crippen LogP contribution in [-0.4, -0.2) is 29.1 Å². The van der Waals surface area contributed by atoms with Crippen molar-refractivity contribution in [3.63, 3.8) is 0 Å². The smallest absolute Gasteiger partial charge is 0.338 e. The Morgan fingerprint density at radius 2 is 2.30 bits per heavy atom. The van der Waals surface area contributed by atoms with Crippen LogP contribution in [-0.2, 0) is 0 Å². The van der Waals surface area contributed by atoms with Gasteiger partial charge in [-0.25, -0.2) is 14.2 Å². The summed E-state index contributed by atoms with van der Waals surface area (Å²) < 4.78 is 14.2. The van der Waals surface area contributed by atoms with Crippen molar-refractivity contribution in [2.45, 2.75) is 39.0 Å². The lowest BCUT2D eigenvalue weighted by Crippen LogP contribution is -2.27. The fourth-order valence-electron chi connectivity index (χ4n) is 2.89. The SMILES string of the molecule is CCCC1CCCN(c2nccc(C(=O)O)c2F)CC1. The van der Waals surface area contributed by atoms with E-state index in [1.807, 2.05) is 4.90 Å². The van der Waals surface area contributed by atoms with Gasteiger partial charge < -0.3 is 10.0 Å². The third-order valence-electron chi connectivity index (χ3n) is 3.95. The zero-order valence-electron chi connectivity index (χ0n) is 11.8. The fraction of sp³-hybridized carbons (Fsp3) is 0.600. The number of carboxylic acid groups (broad SMARTS) is 1. The summed E-state index contributed by atoms with van der Waals surface area (Å²) in [6.45, 7) is 3.67. The Balaban J connectivity index is 2.15. The summed E-state index contributed by atoms with van der Waals surface area (Å²) in [6.07, 6.45) is 6.93. The van der Waals surface area contributed by atoms with Crippen LogP contribution in [0.2, 0.25) is 0 Å². The molecule has 0 saturated carbocycles. The molecule has 1 atom stereocenters. The average molecular weight is 280 g/mol. The average Bonchev–Trinajstić information content (AvgIpc) is 2.65. The molecule has 110 valence electrons. The summed E-state index contributed by atoms with van der Waals surface area (Å²) in [7, 11) is 0. The van der Waals surface area contributed by atoms with Crippen LogP contribution in [0, 0.1) is 11.7 Å². The number of pyridine rings is 1. The third-order valence-corrected chi connectivity index (χ3v) is 3.95. The van der Waals surface area contributed by atoms with Gasteiger partial charge in [0.05, 0.1) is 0 Å². The summed E-state index contributed by atoms with van der Waals surface area (Å²) in [6, 6.07) is 1.21. The first-order valence-electron chi connectivity index (χ1n) is 7.26. The van der Waals surface area contributed by atoms with Crippen molar-refractivity contribution in [3.8, 4) is 0 Å². The van der Waals surface area contributed by atoms with Gasteiger partial charge in [-0.15, -0.1) is 0 Å². The maximum absolute atomic E-state index is 14.2. The lowest BCUT2D eigenvalue weighted by Gasteiger charge is -2.22. The van der Waals surface area contributed by atoms with E-state index in [0.717, 1.165) is 32.4 Å². The molecule has 1 aromatic heterocycles. The Bertz CT molecular complexity index is 479. The molecule has 5 heteroatoms. The number of nitrogens with zero attached hydrogens (tertiary/aromatic N) is 2. The monoisotopic (exact) mass is 280 g/mol. The Hall–Kier alpha value is -1.65. The highest BCUT2D eigenvalue weighted by molar-refractivity contribution is 5.88. The second kappa shape index (κ2) is 6.68. The minimum Gasteiger partial charge on any atom is -0.478 e. The van der Waals surface area contributed by atoms with Gasteiger partial charge in [-0.1, -0.05) is 19.8 Å². The number of aromatic nitrogens is 1. The number of anilines is 1. The second-order valence-electron chi connectivity index (χ2n) is 5.37. The highest BCUT2D eigenvalue weighted by Gasteiger charge is 2.22. The fourth-order valence-corrected chi connectivity index (χ4v) is 2.89. The summed E-state index contributed by atoms with van der Waals surface area (Å²) in [5.74, 6) is -1.09. The van der Waals surface area contributed by atoms with E-state index in [0.29, 0.717) is 5.92 Å². The molecule has 2 heterocycles. The molecule has 1 N–H and O–H groups in total. The zero-order valence-corrected chi connectivity index (χ0v) is 11.8. The number of carboxylic acids is 1. The van der Waals surface area contributed by atoms with Crippen LogP contribution in [0.25, 0.3) is 0 Å². The van der Waals surface area contributed by atoms with E-state index in [4.69, 9.17) is 5.11 Å². The van der Waals surface area contributed by atoms with Gasteiger partial charge in [-0.05, 0) is 31.2 Å². The van der Waals surface area contributed by atoms with Gasteiger partial charge in [-0.3, -0.25) is 0 Å². The summed E-state index contributed by atoms with van der Waals surface area (Å²) >= 11 is 0. The Morgan fingerprint density at radius 1 is 1.50 bits per heavy atom. The molecule has 1 fully saturated rings. The molecule has 0 amide bonds. The minimum atomic E-state index is -1.25. The Morgan fingerprint density at radius 3 is 3.00 bits per heavy atom. The zero-order chi connectivity index (χ0) is 14.5. The first-order chi connectivity index (χ1) is 9.63.